The maximum atomic E-state index is 13.1. The van der Waals surface area contributed by atoms with Crippen LogP contribution in [0.5, 0.6) is 0 Å². The number of hydrogen-bond donors (Lipinski definition) is 0. The minimum atomic E-state index is 0.0995. The highest BCUT2D eigenvalue weighted by Gasteiger charge is 2.35. The van der Waals surface area contributed by atoms with E-state index in [0.717, 1.165) is 32.0 Å². The molecule has 0 amide bonds. The van der Waals surface area contributed by atoms with Crippen molar-refractivity contribution in [2.24, 2.45) is 13.0 Å². The largest absolute Gasteiger partial charge is 0.334 e. The molecule has 0 N–H and O–H groups in total. The number of pyridine rings is 1. The molecule has 2 aliphatic rings. The van der Waals surface area contributed by atoms with Crippen molar-refractivity contribution in [3.8, 4) is 11.4 Å². The van der Waals surface area contributed by atoms with Gasteiger partial charge in [0.25, 0.3) is 5.56 Å². The first-order chi connectivity index (χ1) is 12.7. The van der Waals surface area contributed by atoms with Crippen molar-refractivity contribution in [2.45, 2.75) is 25.4 Å². The Morgan fingerprint density at radius 1 is 1.27 bits per heavy atom. The lowest BCUT2D eigenvalue weighted by Gasteiger charge is -2.42. The molecule has 5 heterocycles. The van der Waals surface area contributed by atoms with E-state index in [1.807, 2.05) is 40.2 Å². The van der Waals surface area contributed by atoms with Crippen molar-refractivity contribution in [3.63, 3.8) is 0 Å². The zero-order valence-electron chi connectivity index (χ0n) is 14.7. The number of aryl methyl sites for hydroxylation is 1. The van der Waals surface area contributed by atoms with Crippen molar-refractivity contribution < 1.29 is 0 Å². The summed E-state index contributed by atoms with van der Waals surface area (Å²) >= 11 is 1.72. The third-order valence-corrected chi connectivity index (χ3v) is 6.37. The van der Waals surface area contributed by atoms with Crippen LogP contribution in [0.2, 0.25) is 0 Å². The van der Waals surface area contributed by atoms with Crippen LogP contribution in [0.1, 0.15) is 22.9 Å². The molecule has 134 valence electrons. The summed E-state index contributed by atoms with van der Waals surface area (Å²) in [7, 11) is 1.93. The minimum absolute atomic E-state index is 0.0995. The number of aromatic nitrogens is 4. The molecular formula is C19H21N5OS. The summed E-state index contributed by atoms with van der Waals surface area (Å²) < 4.78 is 3.91. The van der Waals surface area contributed by atoms with Crippen molar-refractivity contribution >= 4 is 11.3 Å². The first kappa shape index (κ1) is 16.0. The Kier molecular flexibility index (Phi) is 3.79. The number of piperidine rings is 1. The van der Waals surface area contributed by atoms with E-state index in [4.69, 9.17) is 0 Å². The van der Waals surface area contributed by atoms with E-state index in [1.165, 1.54) is 17.0 Å². The monoisotopic (exact) mass is 367 g/mol. The molecule has 0 saturated carbocycles. The quantitative estimate of drug-likeness (QED) is 0.713. The van der Waals surface area contributed by atoms with Gasteiger partial charge in [-0.15, -0.1) is 11.3 Å². The molecular weight excluding hydrogens is 346 g/mol. The van der Waals surface area contributed by atoms with Gasteiger partial charge in [0, 0.05) is 68.3 Å². The summed E-state index contributed by atoms with van der Waals surface area (Å²) in [5.41, 5.74) is 3.87. The van der Waals surface area contributed by atoms with Gasteiger partial charge < -0.3 is 9.13 Å². The molecule has 0 radical (unpaired) electrons. The molecule has 2 atom stereocenters. The molecule has 3 aromatic rings. The van der Waals surface area contributed by atoms with Gasteiger partial charge in [-0.1, -0.05) is 0 Å². The Morgan fingerprint density at radius 2 is 2.19 bits per heavy atom. The van der Waals surface area contributed by atoms with E-state index in [9.17, 15) is 4.79 Å². The molecule has 5 rings (SSSR count). The molecule has 26 heavy (non-hydrogen) atoms. The van der Waals surface area contributed by atoms with Gasteiger partial charge in [0.1, 0.15) is 5.82 Å². The zero-order chi connectivity index (χ0) is 17.7. The normalized spacial score (nSPS) is 22.3. The maximum Gasteiger partial charge on any atom is 0.261 e. The molecule has 7 heteroatoms. The smallest absolute Gasteiger partial charge is 0.261 e. The molecule has 6 nitrogen and oxygen atoms in total. The summed E-state index contributed by atoms with van der Waals surface area (Å²) in [4.78, 5) is 25.5. The fourth-order valence-corrected chi connectivity index (χ4v) is 5.15. The van der Waals surface area contributed by atoms with E-state index < -0.39 is 0 Å². The van der Waals surface area contributed by atoms with Crippen LogP contribution in [0, 0.1) is 5.92 Å². The summed E-state index contributed by atoms with van der Waals surface area (Å²) in [6.07, 6.45) is 6.77. The second kappa shape index (κ2) is 6.17. The van der Waals surface area contributed by atoms with E-state index in [0.29, 0.717) is 17.4 Å². The van der Waals surface area contributed by atoms with Gasteiger partial charge in [-0.3, -0.25) is 14.7 Å². The van der Waals surface area contributed by atoms with Crippen LogP contribution < -0.4 is 5.56 Å². The van der Waals surface area contributed by atoms with Crippen LogP contribution in [-0.4, -0.2) is 37.1 Å². The maximum absolute atomic E-state index is 13.1. The Hall–Kier alpha value is -2.25. The Morgan fingerprint density at radius 3 is 2.96 bits per heavy atom. The third kappa shape index (κ3) is 2.62. The minimum Gasteiger partial charge on any atom is -0.334 e. The van der Waals surface area contributed by atoms with Crippen molar-refractivity contribution in [1.29, 1.82) is 0 Å². The summed E-state index contributed by atoms with van der Waals surface area (Å²) in [6, 6.07) is 4.10. The molecule has 2 bridgehead atoms. The zero-order valence-corrected chi connectivity index (χ0v) is 15.5. The molecule has 1 fully saturated rings. The van der Waals surface area contributed by atoms with E-state index in [-0.39, 0.29) is 5.56 Å². The van der Waals surface area contributed by atoms with Crippen LogP contribution in [0.4, 0.5) is 0 Å². The van der Waals surface area contributed by atoms with Gasteiger partial charge in [0.15, 0.2) is 0 Å². The van der Waals surface area contributed by atoms with Crippen molar-refractivity contribution in [2.75, 3.05) is 13.1 Å². The number of rotatable bonds is 3. The number of hydrogen-bond acceptors (Lipinski definition) is 5. The average Bonchev–Trinajstić information content (AvgIpc) is 3.28. The average molecular weight is 367 g/mol. The molecule has 3 aromatic heterocycles. The second-order valence-electron chi connectivity index (χ2n) is 7.41. The number of fused-ring (bicyclic) bond motifs is 4. The molecule has 1 saturated heterocycles. The summed E-state index contributed by atoms with van der Waals surface area (Å²) in [5.74, 6) is 1.70. The van der Waals surface area contributed by atoms with Crippen LogP contribution in [0.3, 0.4) is 0 Å². The Balaban J connectivity index is 1.47. The summed E-state index contributed by atoms with van der Waals surface area (Å²) in [6.45, 7) is 3.83. The van der Waals surface area contributed by atoms with Gasteiger partial charge in [0.2, 0.25) is 0 Å². The lowest BCUT2D eigenvalue weighted by atomic mass is 9.83. The van der Waals surface area contributed by atoms with Gasteiger partial charge >= 0.3 is 0 Å². The predicted molar refractivity (Wildman–Crippen MR) is 101 cm³/mol. The highest BCUT2D eigenvalue weighted by molar-refractivity contribution is 7.09. The second-order valence-corrected chi connectivity index (χ2v) is 8.38. The fraction of sp³-hybridized carbons (Fsp3) is 0.421. The molecule has 0 aliphatic carbocycles. The molecule has 0 aromatic carbocycles. The molecule has 0 unspecified atom stereocenters. The van der Waals surface area contributed by atoms with Gasteiger partial charge in [0.05, 0.1) is 11.1 Å². The highest BCUT2D eigenvalue weighted by atomic mass is 32.1. The SMILES string of the molecule is Cn1ccnc1-c1ccc2n(c1=O)C[C@H]1C[C@@H]2CN(Cc2cncs2)C1. The van der Waals surface area contributed by atoms with Gasteiger partial charge in [-0.2, -0.15) is 0 Å². The van der Waals surface area contributed by atoms with Crippen LogP contribution in [-0.2, 0) is 20.1 Å². The van der Waals surface area contributed by atoms with E-state index >= 15 is 0 Å². The number of imidazole rings is 1. The first-order valence-electron chi connectivity index (χ1n) is 9.00. The van der Waals surface area contributed by atoms with E-state index in [1.54, 1.807) is 17.5 Å². The van der Waals surface area contributed by atoms with Crippen molar-refractivity contribution in [3.05, 3.63) is 57.2 Å². The van der Waals surface area contributed by atoms with Crippen LogP contribution in [0.25, 0.3) is 11.4 Å². The van der Waals surface area contributed by atoms with Crippen LogP contribution >= 0.6 is 11.3 Å². The lowest BCUT2D eigenvalue weighted by Crippen LogP contribution is -2.46. The Labute approximate surface area is 155 Å². The summed E-state index contributed by atoms with van der Waals surface area (Å²) in [5, 5.41) is 0. The van der Waals surface area contributed by atoms with Crippen LogP contribution in [0.15, 0.2) is 41.0 Å². The van der Waals surface area contributed by atoms with Crippen molar-refractivity contribution in [1.82, 2.24) is 24.0 Å². The highest BCUT2D eigenvalue weighted by Crippen LogP contribution is 2.36. The first-order valence-corrected chi connectivity index (χ1v) is 9.88. The van der Waals surface area contributed by atoms with E-state index in [2.05, 4.69) is 20.9 Å². The van der Waals surface area contributed by atoms with Gasteiger partial charge in [-0.25, -0.2) is 4.98 Å². The topological polar surface area (TPSA) is 56.0 Å². The fourth-order valence-electron chi connectivity index (χ4n) is 4.51. The standard InChI is InChI=1S/C19H21N5OS/c1-22-5-4-21-18(22)16-2-3-17-14-6-13(9-24(17)19(16)25)8-23(10-14)11-15-7-20-12-26-15/h2-5,7,12-14H,6,8-11H2,1H3/t13-,14+/m0/s1. The number of likely N-dealkylation sites (tertiary alicyclic amines) is 1. The predicted octanol–water partition coefficient (Wildman–Crippen LogP) is 2.32. The molecule has 2 aliphatic heterocycles. The number of thiazole rings is 1. The van der Waals surface area contributed by atoms with Gasteiger partial charge in [-0.05, 0) is 24.5 Å². The number of nitrogens with zero attached hydrogens (tertiary/aromatic N) is 5. The third-order valence-electron chi connectivity index (χ3n) is 5.60. The molecule has 0 spiro atoms. The lowest BCUT2D eigenvalue weighted by molar-refractivity contribution is 0.115. The Bertz CT molecular complexity index is 990.